The van der Waals surface area contributed by atoms with Crippen LogP contribution in [-0.4, -0.2) is 52.1 Å². The smallest absolute Gasteiger partial charge is 0.128 e. The van der Waals surface area contributed by atoms with E-state index in [4.69, 9.17) is 4.74 Å². The third-order valence-electron chi connectivity index (χ3n) is 5.67. The lowest BCUT2D eigenvalue weighted by Crippen LogP contribution is -2.44. The van der Waals surface area contributed by atoms with Gasteiger partial charge in [0.25, 0.3) is 0 Å². The van der Waals surface area contributed by atoms with Crippen molar-refractivity contribution in [3.8, 4) is 23.3 Å². The fraction of sp³-hybridized carbons (Fsp3) is 0.200. The number of ether oxygens (including phenoxy) is 1. The Hall–Kier alpha value is -3.89. The number of nitriles is 2. The summed E-state index contributed by atoms with van der Waals surface area (Å²) in [6.07, 6.45) is 5.04. The minimum Gasteiger partial charge on any atom is -0.394 e. The fourth-order valence-electron chi connectivity index (χ4n) is 3.95. The summed E-state index contributed by atoms with van der Waals surface area (Å²) in [6.45, 7) is 1.85. The molecule has 1 saturated heterocycles. The molecule has 0 unspecified atom stereocenters. The molecule has 4 aromatic rings. The molecule has 0 amide bonds. The van der Waals surface area contributed by atoms with Crippen molar-refractivity contribution in [2.75, 3.05) is 31.2 Å². The molecular weight excluding hydrogens is 448 g/mol. The molecule has 1 N–H and O–H groups in total. The summed E-state index contributed by atoms with van der Waals surface area (Å²) in [7, 11) is 0. The van der Waals surface area contributed by atoms with E-state index >= 15 is 0 Å². The maximum Gasteiger partial charge on any atom is 0.128 e. The van der Waals surface area contributed by atoms with Gasteiger partial charge in [-0.15, -0.1) is 0 Å². The lowest BCUT2D eigenvalue weighted by Gasteiger charge is -2.32. The van der Waals surface area contributed by atoms with Crippen LogP contribution in [0.4, 0.5) is 5.82 Å². The quantitative estimate of drug-likeness (QED) is 0.474. The molecule has 9 heteroatoms. The van der Waals surface area contributed by atoms with E-state index in [9.17, 15) is 15.6 Å². The highest BCUT2D eigenvalue weighted by atomic mass is 32.2. The molecule has 0 bridgehead atoms. The SMILES string of the molecule is N#Cc1ccccc1Sc1cc(-c2ccc(N3CCO[C@@H](CO)C3)nc2)cn2ncc(C#N)c12. The van der Waals surface area contributed by atoms with Gasteiger partial charge in [0.15, 0.2) is 0 Å². The van der Waals surface area contributed by atoms with Gasteiger partial charge in [-0.1, -0.05) is 23.9 Å². The Kier molecular flexibility index (Phi) is 6.15. The van der Waals surface area contributed by atoms with E-state index in [0.29, 0.717) is 29.8 Å². The second-order valence-electron chi connectivity index (χ2n) is 7.79. The molecule has 168 valence electrons. The van der Waals surface area contributed by atoms with Crippen LogP contribution in [0.2, 0.25) is 0 Å². The summed E-state index contributed by atoms with van der Waals surface area (Å²) in [4.78, 5) is 8.39. The summed E-state index contributed by atoms with van der Waals surface area (Å²) in [5.41, 5.74) is 3.56. The lowest BCUT2D eigenvalue weighted by molar-refractivity contribution is 0.00336. The van der Waals surface area contributed by atoms with Crippen molar-refractivity contribution in [3.63, 3.8) is 0 Å². The molecule has 1 fully saturated rings. The van der Waals surface area contributed by atoms with E-state index in [2.05, 4.69) is 27.1 Å². The molecular formula is C25H20N6O2S. The zero-order valence-corrected chi connectivity index (χ0v) is 18.9. The van der Waals surface area contributed by atoms with Crippen molar-refractivity contribution in [1.29, 1.82) is 10.5 Å². The van der Waals surface area contributed by atoms with Gasteiger partial charge < -0.3 is 14.7 Å². The maximum absolute atomic E-state index is 9.59. The molecule has 34 heavy (non-hydrogen) atoms. The van der Waals surface area contributed by atoms with Gasteiger partial charge in [0.2, 0.25) is 0 Å². The minimum atomic E-state index is -0.206. The molecule has 4 heterocycles. The molecule has 0 radical (unpaired) electrons. The van der Waals surface area contributed by atoms with Crippen LogP contribution in [0.1, 0.15) is 11.1 Å². The third kappa shape index (κ3) is 4.20. The van der Waals surface area contributed by atoms with Crippen molar-refractivity contribution in [3.05, 3.63) is 72.2 Å². The van der Waals surface area contributed by atoms with Gasteiger partial charge in [0, 0.05) is 46.4 Å². The topological polar surface area (TPSA) is 110 Å². The van der Waals surface area contributed by atoms with Crippen molar-refractivity contribution in [2.24, 2.45) is 0 Å². The Labute approximate surface area is 200 Å². The van der Waals surface area contributed by atoms with Gasteiger partial charge in [-0.3, -0.25) is 0 Å². The van der Waals surface area contributed by atoms with Gasteiger partial charge >= 0.3 is 0 Å². The first-order valence-corrected chi connectivity index (χ1v) is 11.5. The Bertz CT molecular complexity index is 1420. The Morgan fingerprint density at radius 2 is 1.91 bits per heavy atom. The zero-order valence-electron chi connectivity index (χ0n) is 18.1. The van der Waals surface area contributed by atoms with Crippen LogP contribution in [-0.2, 0) is 4.74 Å². The highest BCUT2D eigenvalue weighted by Gasteiger charge is 2.21. The van der Waals surface area contributed by atoms with Crippen LogP contribution in [0.25, 0.3) is 16.6 Å². The van der Waals surface area contributed by atoms with E-state index in [1.54, 1.807) is 16.8 Å². The number of fused-ring (bicyclic) bond motifs is 1. The highest BCUT2D eigenvalue weighted by Crippen LogP contribution is 2.37. The van der Waals surface area contributed by atoms with Crippen LogP contribution in [0.3, 0.4) is 0 Å². The normalized spacial score (nSPS) is 15.7. The number of benzene rings is 1. The highest BCUT2D eigenvalue weighted by molar-refractivity contribution is 7.99. The molecule has 1 aliphatic rings. The van der Waals surface area contributed by atoms with Crippen LogP contribution in [0.15, 0.2) is 70.8 Å². The van der Waals surface area contributed by atoms with Crippen LogP contribution in [0, 0.1) is 22.7 Å². The molecule has 5 rings (SSSR count). The summed E-state index contributed by atoms with van der Waals surface area (Å²) < 4.78 is 7.23. The first-order chi connectivity index (χ1) is 16.7. The molecule has 8 nitrogen and oxygen atoms in total. The van der Waals surface area contributed by atoms with Gasteiger partial charge in [-0.2, -0.15) is 15.6 Å². The molecule has 1 aliphatic heterocycles. The second kappa shape index (κ2) is 9.54. The summed E-state index contributed by atoms with van der Waals surface area (Å²) >= 11 is 1.44. The van der Waals surface area contributed by atoms with Crippen molar-refractivity contribution < 1.29 is 9.84 Å². The Balaban J connectivity index is 1.52. The average molecular weight is 469 g/mol. The standard InChI is InChI=1S/C25H20N6O2S/c26-10-17-3-1-2-4-22(17)34-23-9-19(14-31-25(23)20(11-27)13-29-31)18-5-6-24(28-12-18)30-7-8-33-21(15-30)16-32/h1-6,9,12-14,21,32H,7-8,15-16H2/t21-/m1/s1. The number of aliphatic hydroxyl groups is 1. The van der Waals surface area contributed by atoms with Crippen LogP contribution in [0.5, 0.6) is 0 Å². The summed E-state index contributed by atoms with van der Waals surface area (Å²) in [5, 5.41) is 32.9. The zero-order chi connectivity index (χ0) is 23.5. The number of hydrogen-bond acceptors (Lipinski definition) is 8. The molecule has 0 spiro atoms. The molecule has 0 aliphatic carbocycles. The first kappa shape index (κ1) is 21.9. The number of morpholine rings is 1. The van der Waals surface area contributed by atoms with E-state index in [0.717, 1.165) is 33.3 Å². The van der Waals surface area contributed by atoms with Crippen molar-refractivity contribution >= 4 is 23.1 Å². The van der Waals surface area contributed by atoms with Crippen molar-refractivity contribution in [1.82, 2.24) is 14.6 Å². The van der Waals surface area contributed by atoms with Crippen LogP contribution >= 0.6 is 11.8 Å². The summed E-state index contributed by atoms with van der Waals surface area (Å²) in [5.74, 6) is 0.829. The number of rotatable bonds is 5. The first-order valence-electron chi connectivity index (χ1n) is 10.7. The van der Waals surface area contributed by atoms with E-state index in [1.165, 1.54) is 11.8 Å². The number of aliphatic hydroxyl groups excluding tert-OH is 1. The molecule has 1 aromatic carbocycles. The maximum atomic E-state index is 9.59. The number of nitrogens with zero attached hydrogens (tertiary/aromatic N) is 6. The third-order valence-corrected chi connectivity index (χ3v) is 6.78. The van der Waals surface area contributed by atoms with Gasteiger partial charge in [0.05, 0.1) is 42.2 Å². The van der Waals surface area contributed by atoms with E-state index in [1.807, 2.05) is 48.8 Å². The number of pyridine rings is 2. The molecule has 0 saturated carbocycles. The van der Waals surface area contributed by atoms with Gasteiger partial charge in [0.1, 0.15) is 18.0 Å². The van der Waals surface area contributed by atoms with E-state index in [-0.39, 0.29) is 12.7 Å². The number of hydrogen-bond donors (Lipinski definition) is 1. The summed E-state index contributed by atoms with van der Waals surface area (Å²) in [6, 6.07) is 17.8. The number of anilines is 1. The van der Waals surface area contributed by atoms with Gasteiger partial charge in [-0.25, -0.2) is 9.50 Å². The molecule has 3 aromatic heterocycles. The van der Waals surface area contributed by atoms with E-state index < -0.39 is 0 Å². The Morgan fingerprint density at radius 1 is 1.06 bits per heavy atom. The van der Waals surface area contributed by atoms with Gasteiger partial charge in [-0.05, 0) is 30.3 Å². The van der Waals surface area contributed by atoms with Crippen LogP contribution < -0.4 is 4.90 Å². The fourth-order valence-corrected chi connectivity index (χ4v) is 5.04. The largest absolute Gasteiger partial charge is 0.394 e. The predicted molar refractivity (Wildman–Crippen MR) is 127 cm³/mol. The average Bonchev–Trinajstić information content (AvgIpc) is 3.32. The second-order valence-corrected chi connectivity index (χ2v) is 8.88. The minimum absolute atomic E-state index is 0.0154. The predicted octanol–water partition coefficient (Wildman–Crippen LogP) is 3.49. The van der Waals surface area contributed by atoms with Crippen molar-refractivity contribution in [2.45, 2.75) is 15.9 Å². The molecule has 1 atom stereocenters. The number of aromatic nitrogens is 3. The Morgan fingerprint density at radius 3 is 2.68 bits per heavy atom. The lowest BCUT2D eigenvalue weighted by atomic mass is 10.1. The monoisotopic (exact) mass is 468 g/mol.